The second kappa shape index (κ2) is 3.70. The number of benzene rings is 1. The minimum Gasteiger partial charge on any atom is -0.257 e. The van der Waals surface area contributed by atoms with Gasteiger partial charge in [0.05, 0.1) is 10.0 Å². The zero-order valence-electron chi connectivity index (χ0n) is 7.90. The van der Waals surface area contributed by atoms with E-state index < -0.39 is 0 Å². The number of hydrogen-bond donors (Lipinski definition) is 2. The Morgan fingerprint density at radius 1 is 1.14 bits per heavy atom. The molecule has 0 atom stereocenters. The molecule has 2 nitrogen and oxygen atoms in total. The van der Waals surface area contributed by atoms with Crippen molar-refractivity contribution in [3.8, 4) is 0 Å². The second-order valence-corrected chi connectivity index (χ2v) is 4.71. The molecule has 1 aliphatic heterocycles. The van der Waals surface area contributed by atoms with Crippen LogP contribution in [-0.4, -0.2) is 13.1 Å². The maximum Gasteiger partial charge on any atom is 0.0595 e. The first kappa shape index (κ1) is 10.2. The first-order valence-electron chi connectivity index (χ1n) is 4.53. The molecule has 0 unspecified atom stereocenters. The van der Waals surface area contributed by atoms with Gasteiger partial charge in [-0.15, -0.1) is 0 Å². The van der Waals surface area contributed by atoms with Crippen LogP contribution in [0.15, 0.2) is 18.2 Å². The Bertz CT molecular complexity index is 346. The van der Waals surface area contributed by atoms with Crippen molar-refractivity contribution in [1.82, 2.24) is 10.9 Å². The van der Waals surface area contributed by atoms with Crippen LogP contribution in [0.2, 0.25) is 10.0 Å². The van der Waals surface area contributed by atoms with E-state index in [1.807, 2.05) is 18.2 Å². The zero-order valence-corrected chi connectivity index (χ0v) is 9.41. The lowest BCUT2D eigenvalue weighted by Gasteiger charge is -2.22. The summed E-state index contributed by atoms with van der Waals surface area (Å²) in [7, 11) is 0. The summed E-state index contributed by atoms with van der Waals surface area (Å²) in [6.07, 6.45) is 0. The van der Waals surface area contributed by atoms with Crippen molar-refractivity contribution in [2.24, 2.45) is 0 Å². The molecule has 1 saturated heterocycles. The third-order valence-corrected chi connectivity index (χ3v) is 3.44. The smallest absolute Gasteiger partial charge is 0.0595 e. The molecule has 4 heteroatoms. The van der Waals surface area contributed by atoms with E-state index in [1.54, 1.807) is 0 Å². The van der Waals surface area contributed by atoms with Gasteiger partial charge >= 0.3 is 0 Å². The molecule has 1 fully saturated rings. The number of nitrogens with one attached hydrogen (secondary N) is 2. The van der Waals surface area contributed by atoms with E-state index in [9.17, 15) is 0 Å². The molecule has 76 valence electrons. The van der Waals surface area contributed by atoms with Crippen molar-refractivity contribution in [1.29, 1.82) is 0 Å². The number of hydrogen-bond acceptors (Lipinski definition) is 2. The molecule has 0 radical (unpaired) electrons. The van der Waals surface area contributed by atoms with Gasteiger partial charge in [0.15, 0.2) is 0 Å². The predicted molar refractivity (Wildman–Crippen MR) is 59.8 cm³/mol. The van der Waals surface area contributed by atoms with E-state index in [4.69, 9.17) is 23.2 Å². The minimum atomic E-state index is 0.105. The van der Waals surface area contributed by atoms with Crippen molar-refractivity contribution >= 4 is 23.2 Å². The molecule has 1 aromatic rings. The average molecular weight is 231 g/mol. The van der Waals surface area contributed by atoms with E-state index in [-0.39, 0.29) is 5.41 Å². The van der Waals surface area contributed by atoms with Gasteiger partial charge in [-0.05, 0) is 17.7 Å². The summed E-state index contributed by atoms with van der Waals surface area (Å²) >= 11 is 11.9. The highest BCUT2D eigenvalue weighted by Crippen LogP contribution is 2.30. The largest absolute Gasteiger partial charge is 0.257 e. The molecule has 0 spiro atoms. The highest BCUT2D eigenvalue weighted by molar-refractivity contribution is 6.42. The summed E-state index contributed by atoms with van der Waals surface area (Å²) in [5, 5.41) is 1.23. The Hall–Kier alpha value is -0.280. The fourth-order valence-corrected chi connectivity index (χ4v) is 1.95. The first-order chi connectivity index (χ1) is 6.62. The monoisotopic (exact) mass is 230 g/mol. The standard InChI is InChI=1S/C10H12Cl2N2/c1-10(5-13-14-6-10)7-2-3-8(11)9(12)4-7/h2-4,13-14H,5-6H2,1H3. The quantitative estimate of drug-likeness (QED) is 0.775. The van der Waals surface area contributed by atoms with Gasteiger partial charge in [0.1, 0.15) is 0 Å². The summed E-state index contributed by atoms with van der Waals surface area (Å²) in [6.45, 7) is 4.01. The molecular formula is C10H12Cl2N2. The summed E-state index contributed by atoms with van der Waals surface area (Å²) in [5.74, 6) is 0. The van der Waals surface area contributed by atoms with Crippen LogP contribution in [0.3, 0.4) is 0 Å². The van der Waals surface area contributed by atoms with Crippen molar-refractivity contribution in [2.45, 2.75) is 12.3 Å². The zero-order chi connectivity index (χ0) is 10.2. The van der Waals surface area contributed by atoms with Crippen LogP contribution in [0.5, 0.6) is 0 Å². The van der Waals surface area contributed by atoms with E-state index in [0.29, 0.717) is 10.0 Å². The van der Waals surface area contributed by atoms with Crippen LogP contribution in [0.4, 0.5) is 0 Å². The van der Waals surface area contributed by atoms with Gasteiger partial charge in [-0.1, -0.05) is 36.2 Å². The van der Waals surface area contributed by atoms with Crippen LogP contribution in [0, 0.1) is 0 Å². The summed E-state index contributed by atoms with van der Waals surface area (Å²) in [5.41, 5.74) is 7.56. The van der Waals surface area contributed by atoms with Crippen molar-refractivity contribution in [3.63, 3.8) is 0 Å². The molecule has 0 saturated carbocycles. The van der Waals surface area contributed by atoms with Crippen LogP contribution >= 0.6 is 23.2 Å². The lowest BCUT2D eigenvalue weighted by molar-refractivity contribution is 0.553. The highest BCUT2D eigenvalue weighted by Gasteiger charge is 2.30. The first-order valence-corrected chi connectivity index (χ1v) is 5.29. The summed E-state index contributed by atoms with van der Waals surface area (Å²) in [6, 6.07) is 5.82. The molecule has 1 heterocycles. The Kier molecular flexibility index (Phi) is 2.71. The van der Waals surface area contributed by atoms with Gasteiger partial charge in [0.2, 0.25) is 0 Å². The maximum atomic E-state index is 5.98. The second-order valence-electron chi connectivity index (χ2n) is 3.90. The lowest BCUT2D eigenvalue weighted by Crippen LogP contribution is -2.27. The fraction of sp³-hybridized carbons (Fsp3) is 0.400. The van der Waals surface area contributed by atoms with Gasteiger partial charge < -0.3 is 0 Å². The number of rotatable bonds is 1. The van der Waals surface area contributed by atoms with E-state index in [2.05, 4.69) is 17.8 Å². The van der Waals surface area contributed by atoms with E-state index >= 15 is 0 Å². The van der Waals surface area contributed by atoms with E-state index in [1.165, 1.54) is 5.56 Å². The van der Waals surface area contributed by atoms with Gasteiger partial charge in [-0.3, -0.25) is 10.9 Å². The normalized spacial score (nSPS) is 19.9. The molecule has 1 aromatic carbocycles. The van der Waals surface area contributed by atoms with Crippen LogP contribution in [0.25, 0.3) is 0 Å². The summed E-state index contributed by atoms with van der Waals surface area (Å²) < 4.78 is 0. The van der Waals surface area contributed by atoms with Gasteiger partial charge in [0.25, 0.3) is 0 Å². The minimum absolute atomic E-state index is 0.105. The van der Waals surface area contributed by atoms with Gasteiger partial charge in [-0.25, -0.2) is 0 Å². The summed E-state index contributed by atoms with van der Waals surface area (Å²) in [4.78, 5) is 0. The molecule has 0 bridgehead atoms. The van der Waals surface area contributed by atoms with Crippen LogP contribution in [0.1, 0.15) is 12.5 Å². The van der Waals surface area contributed by atoms with E-state index in [0.717, 1.165) is 13.1 Å². The molecule has 0 amide bonds. The molecule has 0 aliphatic carbocycles. The highest BCUT2D eigenvalue weighted by atomic mass is 35.5. The number of hydrazine groups is 1. The Morgan fingerprint density at radius 2 is 1.79 bits per heavy atom. The van der Waals surface area contributed by atoms with Crippen LogP contribution in [-0.2, 0) is 5.41 Å². The van der Waals surface area contributed by atoms with Crippen molar-refractivity contribution < 1.29 is 0 Å². The molecular weight excluding hydrogens is 219 g/mol. The topological polar surface area (TPSA) is 24.1 Å². The lowest BCUT2D eigenvalue weighted by atomic mass is 9.84. The molecule has 1 aliphatic rings. The SMILES string of the molecule is CC1(c2ccc(Cl)c(Cl)c2)CNNC1. The Labute approximate surface area is 93.6 Å². The molecule has 2 rings (SSSR count). The maximum absolute atomic E-state index is 5.98. The average Bonchev–Trinajstić information content (AvgIpc) is 2.58. The predicted octanol–water partition coefficient (Wildman–Crippen LogP) is 2.36. The number of halogens is 2. The van der Waals surface area contributed by atoms with Gasteiger partial charge in [0, 0.05) is 18.5 Å². The van der Waals surface area contributed by atoms with Crippen molar-refractivity contribution in [3.05, 3.63) is 33.8 Å². The van der Waals surface area contributed by atoms with Crippen LogP contribution < -0.4 is 10.9 Å². The Balaban J connectivity index is 2.36. The Morgan fingerprint density at radius 3 is 2.36 bits per heavy atom. The molecule has 14 heavy (non-hydrogen) atoms. The fourth-order valence-electron chi connectivity index (χ4n) is 1.65. The van der Waals surface area contributed by atoms with Gasteiger partial charge in [-0.2, -0.15) is 0 Å². The van der Waals surface area contributed by atoms with Crippen molar-refractivity contribution in [2.75, 3.05) is 13.1 Å². The third kappa shape index (κ3) is 1.75. The third-order valence-electron chi connectivity index (χ3n) is 2.70. The molecule has 0 aromatic heterocycles. The molecule has 2 N–H and O–H groups in total.